The van der Waals surface area contributed by atoms with Crippen LogP contribution in [0.25, 0.3) is 0 Å². The second-order valence-electron chi connectivity index (χ2n) is 7.83. The summed E-state index contributed by atoms with van der Waals surface area (Å²) in [7, 11) is 1.74. The standard InChI is InChI=1S/C21H23N7O2/c1-26-13-17(24-25-26)21(30)27-10-5-4-8-19(27)15-12-16(23-22-15)20(29)28-11-9-14-6-2-3-7-18(14)28/h2-3,6-7,12-13,19H,4-5,8-11H2,1H3,(H,22,23). The third-order valence-corrected chi connectivity index (χ3v) is 5.89. The van der Waals surface area contributed by atoms with Crippen molar-refractivity contribution in [1.82, 2.24) is 30.1 Å². The number of aromatic amines is 1. The molecular formula is C21H23N7O2. The molecule has 9 heteroatoms. The number of nitrogens with one attached hydrogen (secondary N) is 1. The van der Waals surface area contributed by atoms with E-state index in [1.807, 2.05) is 18.2 Å². The minimum atomic E-state index is -0.159. The molecule has 1 saturated heterocycles. The van der Waals surface area contributed by atoms with Crippen LogP contribution in [0, 0.1) is 0 Å². The number of fused-ring (bicyclic) bond motifs is 1. The van der Waals surface area contributed by atoms with Gasteiger partial charge in [0.25, 0.3) is 11.8 Å². The molecule has 0 spiro atoms. The van der Waals surface area contributed by atoms with Crippen molar-refractivity contribution in [1.29, 1.82) is 0 Å². The summed E-state index contributed by atoms with van der Waals surface area (Å²) in [6.45, 7) is 1.29. The van der Waals surface area contributed by atoms with Crippen molar-refractivity contribution in [3.05, 3.63) is 59.2 Å². The van der Waals surface area contributed by atoms with E-state index in [1.165, 1.54) is 10.2 Å². The summed E-state index contributed by atoms with van der Waals surface area (Å²) in [6, 6.07) is 9.58. The number of hydrogen-bond donors (Lipinski definition) is 1. The van der Waals surface area contributed by atoms with E-state index in [-0.39, 0.29) is 17.9 Å². The zero-order valence-corrected chi connectivity index (χ0v) is 16.8. The van der Waals surface area contributed by atoms with Crippen LogP contribution >= 0.6 is 0 Å². The molecule has 0 radical (unpaired) electrons. The first-order chi connectivity index (χ1) is 14.6. The summed E-state index contributed by atoms with van der Waals surface area (Å²) in [4.78, 5) is 29.7. The van der Waals surface area contributed by atoms with Crippen LogP contribution in [0.3, 0.4) is 0 Å². The number of carbonyl (C=O) groups is 2. The van der Waals surface area contributed by atoms with Crippen molar-refractivity contribution >= 4 is 17.5 Å². The molecular weight excluding hydrogens is 382 g/mol. The van der Waals surface area contributed by atoms with Gasteiger partial charge in [-0.05, 0) is 43.4 Å². The van der Waals surface area contributed by atoms with Crippen LogP contribution in [0.1, 0.15) is 57.5 Å². The van der Waals surface area contributed by atoms with Crippen LogP contribution in [0.4, 0.5) is 5.69 Å². The van der Waals surface area contributed by atoms with E-state index in [0.29, 0.717) is 24.5 Å². The number of hydrogen-bond acceptors (Lipinski definition) is 5. The first-order valence-corrected chi connectivity index (χ1v) is 10.2. The zero-order chi connectivity index (χ0) is 20.7. The number of para-hydroxylation sites is 1. The number of nitrogens with zero attached hydrogens (tertiary/aromatic N) is 6. The molecule has 0 bridgehead atoms. The number of amides is 2. The van der Waals surface area contributed by atoms with Gasteiger partial charge in [-0.3, -0.25) is 19.4 Å². The number of anilines is 1. The summed E-state index contributed by atoms with van der Waals surface area (Å²) in [5.74, 6) is -0.270. The molecule has 2 aliphatic rings. The first kappa shape index (κ1) is 18.5. The van der Waals surface area contributed by atoms with E-state index in [0.717, 1.165) is 37.1 Å². The normalized spacial score (nSPS) is 18.5. The Kier molecular flexibility index (Phi) is 4.57. The van der Waals surface area contributed by atoms with Gasteiger partial charge < -0.3 is 9.80 Å². The van der Waals surface area contributed by atoms with Crippen molar-refractivity contribution in [2.45, 2.75) is 31.7 Å². The fourth-order valence-corrected chi connectivity index (χ4v) is 4.39. The Hall–Kier alpha value is -3.49. The topological polar surface area (TPSA) is 100 Å². The molecule has 9 nitrogen and oxygen atoms in total. The number of likely N-dealkylation sites (tertiary alicyclic amines) is 1. The highest BCUT2D eigenvalue weighted by atomic mass is 16.2. The summed E-state index contributed by atoms with van der Waals surface area (Å²) in [5, 5.41) is 15.1. The summed E-state index contributed by atoms with van der Waals surface area (Å²) in [5.41, 5.74) is 3.61. The maximum absolute atomic E-state index is 13.1. The zero-order valence-electron chi connectivity index (χ0n) is 16.8. The fourth-order valence-electron chi connectivity index (χ4n) is 4.39. The Morgan fingerprint density at radius 3 is 2.80 bits per heavy atom. The molecule has 1 aromatic carbocycles. The monoisotopic (exact) mass is 405 g/mol. The minimum absolute atomic E-state index is 0.120. The SMILES string of the molecule is Cn1cc(C(=O)N2CCCCC2c2cc(C(=O)N3CCc4ccccc43)n[nH]2)nn1. The van der Waals surface area contributed by atoms with Gasteiger partial charge in [0.05, 0.1) is 17.9 Å². The van der Waals surface area contributed by atoms with Crippen LogP contribution in [0.5, 0.6) is 0 Å². The Morgan fingerprint density at radius 1 is 1.10 bits per heavy atom. The van der Waals surface area contributed by atoms with Gasteiger partial charge in [0.2, 0.25) is 0 Å². The average Bonchev–Trinajstić information content (AvgIpc) is 3.52. The molecule has 154 valence electrons. The molecule has 4 heterocycles. The number of benzene rings is 1. The van der Waals surface area contributed by atoms with Gasteiger partial charge in [-0.1, -0.05) is 23.4 Å². The highest BCUT2D eigenvalue weighted by Crippen LogP contribution is 2.32. The molecule has 2 amide bonds. The maximum atomic E-state index is 13.1. The van der Waals surface area contributed by atoms with Crippen molar-refractivity contribution in [3.63, 3.8) is 0 Å². The van der Waals surface area contributed by atoms with Crippen molar-refractivity contribution in [2.24, 2.45) is 7.05 Å². The van der Waals surface area contributed by atoms with Crippen LogP contribution < -0.4 is 4.90 Å². The van der Waals surface area contributed by atoms with E-state index in [1.54, 1.807) is 29.1 Å². The lowest BCUT2D eigenvalue weighted by molar-refractivity contribution is 0.0599. The highest BCUT2D eigenvalue weighted by Gasteiger charge is 2.33. The van der Waals surface area contributed by atoms with Gasteiger partial charge in [-0.15, -0.1) is 5.10 Å². The Bertz CT molecular complexity index is 1100. The van der Waals surface area contributed by atoms with E-state index < -0.39 is 0 Å². The molecule has 1 atom stereocenters. The van der Waals surface area contributed by atoms with Gasteiger partial charge >= 0.3 is 0 Å². The fraction of sp³-hybridized carbons (Fsp3) is 0.381. The van der Waals surface area contributed by atoms with E-state index in [2.05, 4.69) is 26.6 Å². The van der Waals surface area contributed by atoms with Gasteiger partial charge in [-0.2, -0.15) is 5.10 Å². The molecule has 1 unspecified atom stereocenters. The van der Waals surface area contributed by atoms with Crippen LogP contribution in [0.2, 0.25) is 0 Å². The number of carbonyl (C=O) groups excluding carboxylic acids is 2. The predicted octanol–water partition coefficient (Wildman–Crippen LogP) is 2.11. The molecule has 1 N–H and O–H groups in total. The molecule has 3 aromatic rings. The first-order valence-electron chi connectivity index (χ1n) is 10.2. The highest BCUT2D eigenvalue weighted by molar-refractivity contribution is 6.06. The quantitative estimate of drug-likeness (QED) is 0.719. The Balaban J connectivity index is 1.38. The van der Waals surface area contributed by atoms with Gasteiger partial charge in [0.1, 0.15) is 0 Å². The minimum Gasteiger partial charge on any atom is -0.329 e. The van der Waals surface area contributed by atoms with Gasteiger partial charge in [-0.25, -0.2) is 0 Å². The lowest BCUT2D eigenvalue weighted by Crippen LogP contribution is -2.39. The van der Waals surface area contributed by atoms with Gasteiger partial charge in [0, 0.05) is 25.8 Å². The van der Waals surface area contributed by atoms with Crippen LogP contribution in [-0.2, 0) is 13.5 Å². The third-order valence-electron chi connectivity index (χ3n) is 5.89. The number of H-pyrrole nitrogens is 1. The van der Waals surface area contributed by atoms with Crippen LogP contribution in [-0.4, -0.2) is 55.0 Å². The van der Waals surface area contributed by atoms with Crippen molar-refractivity contribution in [3.8, 4) is 0 Å². The van der Waals surface area contributed by atoms with E-state index in [9.17, 15) is 9.59 Å². The smallest absolute Gasteiger partial charge is 0.278 e. The molecule has 2 aromatic heterocycles. The summed E-state index contributed by atoms with van der Waals surface area (Å²) < 4.78 is 1.52. The Labute approximate surface area is 173 Å². The number of rotatable bonds is 3. The largest absolute Gasteiger partial charge is 0.329 e. The van der Waals surface area contributed by atoms with E-state index >= 15 is 0 Å². The summed E-state index contributed by atoms with van der Waals surface area (Å²) >= 11 is 0. The molecule has 0 saturated carbocycles. The number of aromatic nitrogens is 5. The van der Waals surface area contributed by atoms with Crippen LogP contribution in [0.15, 0.2) is 36.5 Å². The van der Waals surface area contributed by atoms with Gasteiger partial charge in [0.15, 0.2) is 11.4 Å². The summed E-state index contributed by atoms with van der Waals surface area (Å²) in [6.07, 6.45) is 5.24. The number of aryl methyl sites for hydroxylation is 1. The molecule has 1 fully saturated rings. The molecule has 30 heavy (non-hydrogen) atoms. The third kappa shape index (κ3) is 3.16. The lowest BCUT2D eigenvalue weighted by atomic mass is 9.98. The Morgan fingerprint density at radius 2 is 1.97 bits per heavy atom. The average molecular weight is 405 g/mol. The van der Waals surface area contributed by atoms with Crippen molar-refractivity contribution in [2.75, 3.05) is 18.0 Å². The lowest BCUT2D eigenvalue weighted by Gasteiger charge is -2.34. The molecule has 0 aliphatic carbocycles. The second kappa shape index (κ2) is 7.40. The molecule has 2 aliphatic heterocycles. The van der Waals surface area contributed by atoms with Crippen molar-refractivity contribution < 1.29 is 9.59 Å². The maximum Gasteiger partial charge on any atom is 0.278 e. The van der Waals surface area contributed by atoms with E-state index in [4.69, 9.17) is 0 Å². The second-order valence-corrected chi connectivity index (χ2v) is 7.83. The number of piperidine rings is 1. The molecule has 5 rings (SSSR count). The predicted molar refractivity (Wildman–Crippen MR) is 109 cm³/mol.